The minimum atomic E-state index is 0.882. The van der Waals surface area contributed by atoms with Crippen LogP contribution in [0.2, 0.25) is 0 Å². The summed E-state index contributed by atoms with van der Waals surface area (Å²) in [5.41, 5.74) is 0. The summed E-state index contributed by atoms with van der Waals surface area (Å²) in [5.74, 6) is 0.882. The van der Waals surface area contributed by atoms with Crippen molar-refractivity contribution < 1.29 is 0 Å². The quantitative estimate of drug-likeness (QED) is 0.652. The first-order chi connectivity index (χ1) is 7.33. The maximum Gasteiger partial charge on any atom is 0.0107 e. The maximum atomic E-state index is 3.56. The van der Waals surface area contributed by atoms with Crippen molar-refractivity contribution in [2.24, 2.45) is 5.92 Å². The largest absolute Gasteiger partial charge is 0.315 e. The van der Waals surface area contributed by atoms with E-state index in [-0.39, 0.29) is 0 Å². The molecule has 0 aromatic rings. The average molecular weight is 212 g/mol. The van der Waals surface area contributed by atoms with E-state index < -0.39 is 0 Å². The second-order valence-electron chi connectivity index (χ2n) is 4.95. The molecule has 0 amide bonds. The van der Waals surface area contributed by atoms with E-state index in [4.69, 9.17) is 0 Å². The Morgan fingerprint density at radius 1 is 1.13 bits per heavy atom. The van der Waals surface area contributed by atoms with E-state index in [0.29, 0.717) is 0 Å². The zero-order chi connectivity index (χ0) is 10.9. The van der Waals surface area contributed by atoms with Crippen LogP contribution in [0.25, 0.3) is 0 Å². The Bertz CT molecular complexity index is 141. The molecule has 1 aliphatic rings. The zero-order valence-electron chi connectivity index (χ0n) is 10.6. The fraction of sp³-hybridized carbons (Fsp3) is 1.00. The Morgan fingerprint density at radius 3 is 2.53 bits per heavy atom. The summed E-state index contributed by atoms with van der Waals surface area (Å²) in [6.45, 7) is 10.9. The van der Waals surface area contributed by atoms with E-state index in [2.05, 4.69) is 24.1 Å². The molecular weight excluding hydrogens is 184 g/mol. The van der Waals surface area contributed by atoms with Crippen molar-refractivity contribution in [3.05, 3.63) is 0 Å². The van der Waals surface area contributed by atoms with Crippen molar-refractivity contribution in [2.45, 2.75) is 46.0 Å². The van der Waals surface area contributed by atoms with Gasteiger partial charge in [-0.1, -0.05) is 26.7 Å². The molecule has 1 rings (SSSR count). The molecule has 1 aliphatic heterocycles. The minimum Gasteiger partial charge on any atom is -0.315 e. The first kappa shape index (κ1) is 13.0. The van der Waals surface area contributed by atoms with E-state index in [0.717, 1.165) is 5.92 Å². The van der Waals surface area contributed by atoms with E-state index >= 15 is 0 Å². The molecule has 1 unspecified atom stereocenters. The van der Waals surface area contributed by atoms with Gasteiger partial charge < -0.3 is 10.2 Å². The Morgan fingerprint density at radius 2 is 1.87 bits per heavy atom. The number of rotatable bonds is 7. The Hall–Kier alpha value is -0.0800. The highest BCUT2D eigenvalue weighted by Gasteiger charge is 2.08. The van der Waals surface area contributed by atoms with Crippen LogP contribution in [0, 0.1) is 5.92 Å². The van der Waals surface area contributed by atoms with Gasteiger partial charge >= 0.3 is 0 Å². The van der Waals surface area contributed by atoms with E-state index in [1.54, 1.807) is 0 Å². The van der Waals surface area contributed by atoms with Gasteiger partial charge in [-0.2, -0.15) is 0 Å². The van der Waals surface area contributed by atoms with Crippen LogP contribution < -0.4 is 5.32 Å². The average Bonchev–Trinajstić information content (AvgIpc) is 2.29. The van der Waals surface area contributed by atoms with Crippen molar-refractivity contribution in [1.29, 1.82) is 0 Å². The van der Waals surface area contributed by atoms with Gasteiger partial charge in [0, 0.05) is 13.1 Å². The molecule has 0 aliphatic carbocycles. The summed E-state index contributed by atoms with van der Waals surface area (Å²) in [4.78, 5) is 2.60. The molecule has 1 saturated heterocycles. The first-order valence-electron chi connectivity index (χ1n) is 6.76. The molecule has 0 radical (unpaired) electrons. The lowest BCUT2D eigenvalue weighted by atomic mass is 10.1. The van der Waals surface area contributed by atoms with Gasteiger partial charge in [0.1, 0.15) is 0 Å². The van der Waals surface area contributed by atoms with Gasteiger partial charge in [0.2, 0.25) is 0 Å². The van der Waals surface area contributed by atoms with Gasteiger partial charge in [0.05, 0.1) is 0 Å². The summed E-state index contributed by atoms with van der Waals surface area (Å²) in [7, 11) is 0. The van der Waals surface area contributed by atoms with Gasteiger partial charge in [-0.25, -0.2) is 0 Å². The van der Waals surface area contributed by atoms with Crippen LogP contribution in [0.4, 0.5) is 0 Å². The minimum absolute atomic E-state index is 0.882. The van der Waals surface area contributed by atoms with Crippen LogP contribution in [0.15, 0.2) is 0 Å². The van der Waals surface area contributed by atoms with E-state index in [1.807, 2.05) is 0 Å². The Balaban J connectivity index is 1.87. The van der Waals surface area contributed by atoms with Crippen molar-refractivity contribution in [1.82, 2.24) is 10.2 Å². The number of hydrogen-bond donors (Lipinski definition) is 1. The monoisotopic (exact) mass is 212 g/mol. The first-order valence-corrected chi connectivity index (χ1v) is 6.76. The molecular formula is C13H28N2. The third-order valence-electron chi connectivity index (χ3n) is 3.56. The predicted octanol–water partition coefficient (Wildman–Crippen LogP) is 2.50. The predicted molar refractivity (Wildman–Crippen MR) is 67.2 cm³/mol. The van der Waals surface area contributed by atoms with Crippen LogP contribution in [0.3, 0.4) is 0 Å². The lowest BCUT2D eigenvalue weighted by Crippen LogP contribution is -2.36. The summed E-state index contributed by atoms with van der Waals surface area (Å²) in [6, 6.07) is 0. The number of piperidine rings is 1. The molecule has 1 heterocycles. The van der Waals surface area contributed by atoms with Gasteiger partial charge in [-0.05, 0) is 44.8 Å². The summed E-state index contributed by atoms with van der Waals surface area (Å²) >= 11 is 0. The van der Waals surface area contributed by atoms with Gasteiger partial charge in [0.15, 0.2) is 0 Å². The van der Waals surface area contributed by atoms with Gasteiger partial charge in [-0.15, -0.1) is 0 Å². The summed E-state index contributed by atoms with van der Waals surface area (Å²) in [5, 5.41) is 3.56. The standard InChI is InChI=1S/C13H28N2/c1-3-13(2)7-8-14-9-12-15-10-5-4-6-11-15/h13-14H,3-12H2,1-2H3. The lowest BCUT2D eigenvalue weighted by Gasteiger charge is -2.26. The van der Waals surface area contributed by atoms with Crippen molar-refractivity contribution in [3.63, 3.8) is 0 Å². The third-order valence-corrected chi connectivity index (χ3v) is 3.56. The van der Waals surface area contributed by atoms with Crippen molar-refractivity contribution in [3.8, 4) is 0 Å². The zero-order valence-corrected chi connectivity index (χ0v) is 10.6. The number of hydrogen-bond acceptors (Lipinski definition) is 2. The number of nitrogens with zero attached hydrogens (tertiary/aromatic N) is 1. The molecule has 90 valence electrons. The van der Waals surface area contributed by atoms with Gasteiger partial charge in [0.25, 0.3) is 0 Å². The van der Waals surface area contributed by atoms with Crippen molar-refractivity contribution in [2.75, 3.05) is 32.7 Å². The molecule has 0 saturated carbocycles. The van der Waals surface area contributed by atoms with Crippen LogP contribution >= 0.6 is 0 Å². The second-order valence-corrected chi connectivity index (χ2v) is 4.95. The van der Waals surface area contributed by atoms with E-state index in [9.17, 15) is 0 Å². The number of nitrogens with one attached hydrogen (secondary N) is 1. The highest BCUT2D eigenvalue weighted by molar-refractivity contribution is 4.65. The summed E-state index contributed by atoms with van der Waals surface area (Å²) < 4.78 is 0. The second kappa shape index (κ2) is 8.12. The Kier molecular flexibility index (Phi) is 7.03. The Labute approximate surface area is 95.4 Å². The summed E-state index contributed by atoms with van der Waals surface area (Å²) in [6.07, 6.45) is 6.90. The molecule has 2 nitrogen and oxygen atoms in total. The SMILES string of the molecule is CCC(C)CCNCCN1CCCCC1. The van der Waals surface area contributed by atoms with Crippen LogP contribution in [0.1, 0.15) is 46.0 Å². The molecule has 0 spiro atoms. The normalized spacial score (nSPS) is 20.4. The molecule has 0 bridgehead atoms. The maximum absolute atomic E-state index is 3.56. The lowest BCUT2D eigenvalue weighted by molar-refractivity contribution is 0.228. The smallest absolute Gasteiger partial charge is 0.0107 e. The van der Waals surface area contributed by atoms with Crippen LogP contribution in [-0.4, -0.2) is 37.6 Å². The molecule has 0 aromatic heterocycles. The van der Waals surface area contributed by atoms with Crippen LogP contribution in [0.5, 0.6) is 0 Å². The topological polar surface area (TPSA) is 15.3 Å². The van der Waals surface area contributed by atoms with Gasteiger partial charge in [-0.3, -0.25) is 0 Å². The molecule has 1 atom stereocenters. The number of likely N-dealkylation sites (tertiary alicyclic amines) is 1. The fourth-order valence-corrected chi connectivity index (χ4v) is 2.10. The highest BCUT2D eigenvalue weighted by Crippen LogP contribution is 2.07. The molecule has 1 fully saturated rings. The molecule has 2 heteroatoms. The van der Waals surface area contributed by atoms with Crippen LogP contribution in [-0.2, 0) is 0 Å². The van der Waals surface area contributed by atoms with E-state index in [1.165, 1.54) is 64.8 Å². The highest BCUT2D eigenvalue weighted by atomic mass is 15.1. The molecule has 0 aromatic carbocycles. The third kappa shape index (κ3) is 6.16. The fourth-order valence-electron chi connectivity index (χ4n) is 2.10. The molecule has 1 N–H and O–H groups in total. The molecule has 15 heavy (non-hydrogen) atoms. The van der Waals surface area contributed by atoms with Crippen molar-refractivity contribution >= 4 is 0 Å².